The molecule has 0 saturated heterocycles. The van der Waals surface area contributed by atoms with Crippen molar-refractivity contribution in [1.82, 2.24) is 5.32 Å². The molecule has 1 N–H and O–H groups in total. The minimum Gasteiger partial charge on any atom is -0.355 e. The van der Waals surface area contributed by atoms with Crippen molar-refractivity contribution in [3.05, 3.63) is 0 Å². The predicted molar refractivity (Wildman–Crippen MR) is 76.0 cm³/mol. The minimum atomic E-state index is -0.592. The number of carbonyl (C=O) groups excluding carboxylic acids is 1. The van der Waals surface area contributed by atoms with E-state index in [0.29, 0.717) is 6.54 Å². The lowest BCUT2D eigenvalue weighted by Gasteiger charge is -2.07. The average Bonchev–Trinajstić information content (AvgIpc) is 2.35. The first-order valence-corrected chi connectivity index (χ1v) is 7.67. The van der Waals surface area contributed by atoms with Gasteiger partial charge < -0.3 is 5.32 Å². The van der Waals surface area contributed by atoms with Crippen LogP contribution in [0.3, 0.4) is 0 Å². The van der Waals surface area contributed by atoms with Crippen LogP contribution in [0.25, 0.3) is 0 Å². The molecule has 0 aliphatic heterocycles. The first kappa shape index (κ1) is 17.1. The fourth-order valence-electron chi connectivity index (χ4n) is 1.65. The van der Waals surface area contributed by atoms with Gasteiger partial charge in [0.15, 0.2) is 0 Å². The fourth-order valence-corrected chi connectivity index (χ4v) is 1.87. The van der Waals surface area contributed by atoms with Crippen LogP contribution in [0.15, 0.2) is 0 Å². The van der Waals surface area contributed by atoms with Crippen LogP contribution in [0.5, 0.6) is 0 Å². The Morgan fingerprint density at radius 1 is 1.06 bits per heavy atom. The van der Waals surface area contributed by atoms with E-state index < -0.39 is 5.38 Å². The number of carbonyl (C=O) groups is 1. The molecule has 17 heavy (non-hydrogen) atoms. The van der Waals surface area contributed by atoms with E-state index in [9.17, 15) is 4.79 Å². The summed E-state index contributed by atoms with van der Waals surface area (Å²) in [4.78, 5) is 11.3. The molecule has 0 rings (SSSR count). The summed E-state index contributed by atoms with van der Waals surface area (Å²) in [5.41, 5.74) is 0. The highest BCUT2D eigenvalue weighted by Crippen LogP contribution is 2.08. The molecule has 0 heterocycles. The lowest BCUT2D eigenvalue weighted by Crippen LogP contribution is -2.32. The Kier molecular flexibility index (Phi) is 12.5. The summed E-state index contributed by atoms with van der Waals surface area (Å²) in [6.07, 6.45) is 10.1. The third-order valence-electron chi connectivity index (χ3n) is 2.75. The summed E-state index contributed by atoms with van der Waals surface area (Å²) in [6, 6.07) is 0. The quantitative estimate of drug-likeness (QED) is 0.449. The minimum absolute atomic E-state index is 0.149. The molecule has 0 saturated carbocycles. The number of halogens is 2. The second-order valence-electron chi connectivity index (χ2n) is 4.39. The van der Waals surface area contributed by atoms with Gasteiger partial charge >= 0.3 is 0 Å². The van der Waals surface area contributed by atoms with E-state index in [-0.39, 0.29) is 11.8 Å². The molecule has 0 bridgehead atoms. The Morgan fingerprint density at radius 2 is 1.59 bits per heavy atom. The van der Waals surface area contributed by atoms with E-state index in [1.807, 2.05) is 0 Å². The fraction of sp³-hybridized carbons (Fsp3) is 0.923. The van der Waals surface area contributed by atoms with Gasteiger partial charge in [0, 0.05) is 12.4 Å². The third kappa shape index (κ3) is 10.9. The van der Waals surface area contributed by atoms with Crippen LogP contribution in [0, 0.1) is 0 Å². The molecule has 1 amide bonds. The molecule has 0 spiro atoms. The summed E-state index contributed by atoms with van der Waals surface area (Å²) < 4.78 is 0. The zero-order chi connectivity index (χ0) is 12.9. The van der Waals surface area contributed by atoms with E-state index in [2.05, 4.69) is 12.2 Å². The van der Waals surface area contributed by atoms with Crippen molar-refractivity contribution in [3.8, 4) is 0 Å². The molecular weight excluding hydrogens is 257 g/mol. The van der Waals surface area contributed by atoms with Gasteiger partial charge in [-0.15, -0.1) is 23.2 Å². The van der Waals surface area contributed by atoms with Crippen molar-refractivity contribution in [2.75, 3.05) is 12.4 Å². The largest absolute Gasteiger partial charge is 0.355 e. The topological polar surface area (TPSA) is 29.1 Å². The Hall–Kier alpha value is 0.0500. The highest BCUT2D eigenvalue weighted by molar-refractivity contribution is 6.36. The third-order valence-corrected chi connectivity index (χ3v) is 3.57. The number of rotatable bonds is 11. The van der Waals surface area contributed by atoms with E-state index in [4.69, 9.17) is 23.2 Å². The molecule has 2 nitrogen and oxygen atoms in total. The summed E-state index contributed by atoms with van der Waals surface area (Å²) in [7, 11) is 0. The van der Waals surface area contributed by atoms with E-state index in [0.717, 1.165) is 6.42 Å². The molecule has 0 radical (unpaired) electrons. The number of hydrogen-bond donors (Lipinski definition) is 1. The molecule has 0 fully saturated rings. The molecular formula is C13H25Cl2NO. The molecule has 1 unspecified atom stereocenters. The smallest absolute Gasteiger partial charge is 0.239 e. The van der Waals surface area contributed by atoms with Crippen molar-refractivity contribution >= 4 is 29.1 Å². The van der Waals surface area contributed by atoms with Crippen molar-refractivity contribution in [3.63, 3.8) is 0 Å². The van der Waals surface area contributed by atoms with Gasteiger partial charge in [0.25, 0.3) is 0 Å². The molecule has 0 aromatic rings. The maximum absolute atomic E-state index is 11.3. The van der Waals surface area contributed by atoms with E-state index in [1.54, 1.807) is 0 Å². The van der Waals surface area contributed by atoms with Gasteiger partial charge in [0.2, 0.25) is 5.91 Å². The Labute approximate surface area is 115 Å². The number of alkyl halides is 2. The summed E-state index contributed by atoms with van der Waals surface area (Å²) >= 11 is 11.2. The maximum atomic E-state index is 11.3. The predicted octanol–water partition coefficient (Wildman–Crippen LogP) is 4.09. The zero-order valence-corrected chi connectivity index (χ0v) is 12.3. The van der Waals surface area contributed by atoms with Crippen molar-refractivity contribution in [1.29, 1.82) is 0 Å². The Morgan fingerprint density at radius 3 is 2.12 bits per heavy atom. The first-order chi connectivity index (χ1) is 8.22. The number of hydrogen-bond acceptors (Lipinski definition) is 1. The van der Waals surface area contributed by atoms with Crippen molar-refractivity contribution in [2.24, 2.45) is 0 Å². The summed E-state index contributed by atoms with van der Waals surface area (Å²) in [6.45, 7) is 2.95. The molecule has 1 atom stereocenters. The van der Waals surface area contributed by atoms with Crippen LogP contribution in [0.1, 0.15) is 58.3 Å². The molecule has 0 aromatic carbocycles. The van der Waals surface area contributed by atoms with Gasteiger partial charge in [0.05, 0.1) is 0 Å². The van der Waals surface area contributed by atoms with Crippen LogP contribution in [-0.2, 0) is 4.79 Å². The van der Waals surface area contributed by atoms with Crippen molar-refractivity contribution in [2.45, 2.75) is 63.7 Å². The monoisotopic (exact) mass is 281 g/mol. The highest BCUT2D eigenvalue weighted by Gasteiger charge is 2.12. The molecule has 0 aliphatic carbocycles. The Bertz CT molecular complexity index is 188. The van der Waals surface area contributed by atoms with Gasteiger partial charge in [-0.1, -0.05) is 51.9 Å². The van der Waals surface area contributed by atoms with E-state index >= 15 is 0 Å². The van der Waals surface area contributed by atoms with Crippen LogP contribution in [0.2, 0.25) is 0 Å². The lowest BCUT2D eigenvalue weighted by molar-refractivity contribution is -0.120. The average molecular weight is 282 g/mol. The van der Waals surface area contributed by atoms with Crippen LogP contribution < -0.4 is 5.32 Å². The molecule has 0 aliphatic rings. The van der Waals surface area contributed by atoms with Gasteiger partial charge in [-0.3, -0.25) is 4.79 Å². The summed E-state index contributed by atoms with van der Waals surface area (Å²) in [5.74, 6) is 0.0229. The van der Waals surface area contributed by atoms with E-state index in [1.165, 1.54) is 44.9 Å². The van der Waals surface area contributed by atoms with Gasteiger partial charge in [-0.05, 0) is 6.42 Å². The van der Waals surface area contributed by atoms with Crippen LogP contribution in [0.4, 0.5) is 0 Å². The molecule has 4 heteroatoms. The standard InChI is InChI=1S/C13H25Cl2NO/c1-2-3-4-5-6-7-8-9-10-16-13(17)12(15)11-14/h12H,2-11H2,1H3,(H,16,17). The van der Waals surface area contributed by atoms with Crippen molar-refractivity contribution < 1.29 is 4.79 Å². The molecule has 0 aromatic heterocycles. The summed E-state index contributed by atoms with van der Waals surface area (Å²) in [5, 5.41) is 2.20. The van der Waals surface area contributed by atoms with Gasteiger partial charge in [-0.2, -0.15) is 0 Å². The molecule has 102 valence electrons. The normalized spacial score (nSPS) is 12.4. The second-order valence-corrected chi connectivity index (χ2v) is 5.22. The zero-order valence-electron chi connectivity index (χ0n) is 10.8. The number of amides is 1. The number of unbranched alkanes of at least 4 members (excludes halogenated alkanes) is 7. The van der Waals surface area contributed by atoms with Crippen LogP contribution >= 0.6 is 23.2 Å². The van der Waals surface area contributed by atoms with Gasteiger partial charge in [-0.25, -0.2) is 0 Å². The highest BCUT2D eigenvalue weighted by atomic mass is 35.5. The number of nitrogens with one attached hydrogen (secondary N) is 1. The first-order valence-electron chi connectivity index (χ1n) is 6.70. The Balaban J connectivity index is 3.16. The van der Waals surface area contributed by atoms with Crippen LogP contribution in [-0.4, -0.2) is 23.7 Å². The maximum Gasteiger partial charge on any atom is 0.239 e. The lowest BCUT2D eigenvalue weighted by atomic mass is 10.1. The second kappa shape index (κ2) is 12.5. The van der Waals surface area contributed by atoms with Gasteiger partial charge in [0.1, 0.15) is 5.38 Å². The SMILES string of the molecule is CCCCCCCCCCNC(=O)C(Cl)CCl.